The normalized spacial score (nSPS) is 10.3. The molecule has 15 heavy (non-hydrogen) atoms. The smallest absolute Gasteiger partial charge is 0.213 e. The van der Waals surface area contributed by atoms with Crippen LogP contribution in [-0.4, -0.2) is 15.1 Å². The molecule has 0 aliphatic carbocycles. The lowest BCUT2D eigenvalue weighted by molar-refractivity contribution is 0.281. The topological polar surface area (TPSA) is 46.0 Å². The van der Waals surface area contributed by atoms with Crippen molar-refractivity contribution in [3.05, 3.63) is 48.2 Å². The Morgan fingerprint density at radius 2 is 2.13 bits per heavy atom. The van der Waals surface area contributed by atoms with Gasteiger partial charge in [-0.15, -0.1) is 0 Å². The fourth-order valence-corrected chi connectivity index (χ4v) is 1.34. The Bertz CT molecular complexity index is 459. The summed E-state index contributed by atoms with van der Waals surface area (Å²) >= 11 is 0. The Labute approximate surface area is 86.3 Å². The van der Waals surface area contributed by atoms with Crippen molar-refractivity contribution < 1.29 is 9.50 Å². The Balaban J connectivity index is 2.56. The molecule has 1 N–H and O–H groups in total. The van der Waals surface area contributed by atoms with Gasteiger partial charge < -0.3 is 5.11 Å². The molecule has 0 aromatic carbocycles. The molecule has 3 nitrogen and oxygen atoms in total. The molecule has 0 amide bonds. The average Bonchev–Trinajstić information content (AvgIpc) is 2.30. The molecule has 0 bridgehead atoms. The predicted octanol–water partition coefficient (Wildman–Crippen LogP) is 1.77. The van der Waals surface area contributed by atoms with E-state index in [-0.39, 0.29) is 6.61 Å². The average molecular weight is 204 g/mol. The number of hydrogen-bond donors (Lipinski definition) is 1. The summed E-state index contributed by atoms with van der Waals surface area (Å²) in [5.74, 6) is -0.564. The molecule has 76 valence electrons. The van der Waals surface area contributed by atoms with Crippen LogP contribution in [0.25, 0.3) is 11.3 Å². The summed E-state index contributed by atoms with van der Waals surface area (Å²) in [6.07, 6.45) is 3.21. The van der Waals surface area contributed by atoms with Crippen molar-refractivity contribution in [1.29, 1.82) is 0 Å². The summed E-state index contributed by atoms with van der Waals surface area (Å²) in [5, 5.41) is 9.09. The molecular weight excluding hydrogens is 195 g/mol. The number of aliphatic hydroxyl groups is 1. The summed E-state index contributed by atoms with van der Waals surface area (Å²) in [7, 11) is 0. The molecule has 0 spiro atoms. The third kappa shape index (κ3) is 1.99. The van der Waals surface area contributed by atoms with Gasteiger partial charge in [0, 0.05) is 23.5 Å². The molecule has 4 heteroatoms. The molecule has 0 saturated heterocycles. The van der Waals surface area contributed by atoms with E-state index in [1.54, 1.807) is 24.5 Å². The number of aromatic nitrogens is 2. The zero-order chi connectivity index (χ0) is 10.7. The summed E-state index contributed by atoms with van der Waals surface area (Å²) in [4.78, 5) is 7.67. The molecule has 2 rings (SSSR count). The number of rotatable bonds is 2. The molecular formula is C11H9FN2O. The van der Waals surface area contributed by atoms with Crippen LogP contribution in [-0.2, 0) is 6.61 Å². The van der Waals surface area contributed by atoms with Crippen LogP contribution < -0.4 is 0 Å². The van der Waals surface area contributed by atoms with Crippen molar-refractivity contribution in [1.82, 2.24) is 9.97 Å². The maximum Gasteiger partial charge on any atom is 0.213 e. The molecule has 0 aliphatic rings. The molecule has 0 saturated carbocycles. The maximum atomic E-state index is 13.0. The first-order valence-electron chi connectivity index (χ1n) is 4.48. The van der Waals surface area contributed by atoms with Gasteiger partial charge in [-0.3, -0.25) is 4.98 Å². The van der Waals surface area contributed by atoms with Crippen molar-refractivity contribution >= 4 is 0 Å². The summed E-state index contributed by atoms with van der Waals surface area (Å²) in [6.45, 7) is -0.169. The first kappa shape index (κ1) is 9.73. The third-order valence-corrected chi connectivity index (χ3v) is 2.05. The fraction of sp³-hybridized carbons (Fsp3) is 0.0909. The van der Waals surface area contributed by atoms with Crippen molar-refractivity contribution in [3.8, 4) is 11.3 Å². The van der Waals surface area contributed by atoms with Crippen molar-refractivity contribution in [2.24, 2.45) is 0 Å². The van der Waals surface area contributed by atoms with E-state index in [0.717, 1.165) is 0 Å². The van der Waals surface area contributed by atoms with Gasteiger partial charge in [-0.2, -0.15) is 4.39 Å². The van der Waals surface area contributed by atoms with Crippen LogP contribution in [0.2, 0.25) is 0 Å². The zero-order valence-electron chi connectivity index (χ0n) is 7.89. The van der Waals surface area contributed by atoms with E-state index in [9.17, 15) is 4.39 Å². The van der Waals surface area contributed by atoms with Crippen molar-refractivity contribution in [2.45, 2.75) is 6.61 Å². The number of nitrogens with zero attached hydrogens (tertiary/aromatic N) is 2. The minimum absolute atomic E-state index is 0.169. The summed E-state index contributed by atoms with van der Waals surface area (Å²) < 4.78 is 13.0. The minimum Gasteiger partial charge on any atom is -0.392 e. The van der Waals surface area contributed by atoms with Gasteiger partial charge in [-0.25, -0.2) is 4.98 Å². The zero-order valence-corrected chi connectivity index (χ0v) is 7.89. The number of hydrogen-bond acceptors (Lipinski definition) is 3. The molecule has 0 radical (unpaired) electrons. The van der Waals surface area contributed by atoms with Gasteiger partial charge >= 0.3 is 0 Å². The van der Waals surface area contributed by atoms with Crippen molar-refractivity contribution in [3.63, 3.8) is 0 Å². The van der Waals surface area contributed by atoms with E-state index in [1.165, 1.54) is 12.1 Å². The van der Waals surface area contributed by atoms with Gasteiger partial charge in [0.15, 0.2) is 0 Å². The van der Waals surface area contributed by atoms with Gasteiger partial charge in [0.2, 0.25) is 5.95 Å². The molecule has 0 fully saturated rings. The second kappa shape index (κ2) is 4.14. The largest absolute Gasteiger partial charge is 0.392 e. The lowest BCUT2D eigenvalue weighted by Crippen LogP contribution is -1.95. The standard InChI is InChI=1S/C11H9FN2O/c12-10-4-3-9(7-15)11(14-10)8-2-1-5-13-6-8/h1-6,15H,7H2. The SMILES string of the molecule is OCc1ccc(F)nc1-c1cccnc1. The minimum atomic E-state index is -0.564. The predicted molar refractivity (Wildman–Crippen MR) is 53.3 cm³/mol. The molecule has 2 heterocycles. The Morgan fingerprint density at radius 1 is 1.27 bits per heavy atom. The van der Waals surface area contributed by atoms with E-state index in [0.29, 0.717) is 16.8 Å². The molecule has 0 atom stereocenters. The molecule has 0 aliphatic heterocycles. The Morgan fingerprint density at radius 3 is 2.80 bits per heavy atom. The van der Waals surface area contributed by atoms with E-state index in [2.05, 4.69) is 9.97 Å². The number of aliphatic hydroxyl groups excluding tert-OH is 1. The highest BCUT2D eigenvalue weighted by Gasteiger charge is 2.07. The van der Waals surface area contributed by atoms with Gasteiger partial charge in [0.05, 0.1) is 12.3 Å². The van der Waals surface area contributed by atoms with Gasteiger partial charge in [-0.1, -0.05) is 0 Å². The highest BCUT2D eigenvalue weighted by atomic mass is 19.1. The van der Waals surface area contributed by atoms with Crippen LogP contribution in [0, 0.1) is 5.95 Å². The van der Waals surface area contributed by atoms with E-state index >= 15 is 0 Å². The monoisotopic (exact) mass is 204 g/mol. The quantitative estimate of drug-likeness (QED) is 0.758. The highest BCUT2D eigenvalue weighted by molar-refractivity contribution is 5.61. The molecule has 2 aromatic heterocycles. The van der Waals surface area contributed by atoms with Gasteiger partial charge in [-0.05, 0) is 24.3 Å². The van der Waals surface area contributed by atoms with Crippen LogP contribution in [0.4, 0.5) is 4.39 Å². The van der Waals surface area contributed by atoms with Crippen LogP contribution in [0.5, 0.6) is 0 Å². The van der Waals surface area contributed by atoms with Gasteiger partial charge in [0.25, 0.3) is 0 Å². The van der Waals surface area contributed by atoms with Crippen LogP contribution in [0.1, 0.15) is 5.56 Å². The Hall–Kier alpha value is -1.81. The second-order valence-electron chi connectivity index (χ2n) is 3.04. The second-order valence-corrected chi connectivity index (χ2v) is 3.04. The van der Waals surface area contributed by atoms with E-state index in [4.69, 9.17) is 5.11 Å². The van der Waals surface area contributed by atoms with E-state index in [1.807, 2.05) is 0 Å². The molecule has 2 aromatic rings. The lowest BCUT2D eigenvalue weighted by Gasteiger charge is -2.05. The fourth-order valence-electron chi connectivity index (χ4n) is 1.34. The van der Waals surface area contributed by atoms with Crippen molar-refractivity contribution in [2.75, 3.05) is 0 Å². The maximum absolute atomic E-state index is 13.0. The van der Waals surface area contributed by atoms with Crippen LogP contribution in [0.15, 0.2) is 36.7 Å². The number of pyridine rings is 2. The summed E-state index contributed by atoms with van der Waals surface area (Å²) in [6, 6.07) is 6.26. The van der Waals surface area contributed by atoms with Gasteiger partial charge in [0.1, 0.15) is 0 Å². The lowest BCUT2D eigenvalue weighted by atomic mass is 10.1. The number of halogens is 1. The Kier molecular flexibility index (Phi) is 2.69. The highest BCUT2D eigenvalue weighted by Crippen LogP contribution is 2.20. The third-order valence-electron chi connectivity index (χ3n) is 2.05. The van der Waals surface area contributed by atoms with E-state index < -0.39 is 5.95 Å². The first-order valence-corrected chi connectivity index (χ1v) is 4.48. The van der Waals surface area contributed by atoms with Crippen LogP contribution >= 0.6 is 0 Å². The molecule has 0 unspecified atom stereocenters. The van der Waals surface area contributed by atoms with Crippen LogP contribution in [0.3, 0.4) is 0 Å². The summed E-state index contributed by atoms with van der Waals surface area (Å²) in [5.41, 5.74) is 1.72. The first-order chi connectivity index (χ1) is 7.31.